The zero-order valence-electron chi connectivity index (χ0n) is 22.4. The molecular weight excluding hydrogens is 544 g/mol. The first-order chi connectivity index (χ1) is 19.4. The molecule has 41 heavy (non-hydrogen) atoms. The van der Waals surface area contributed by atoms with E-state index in [0.717, 1.165) is 9.13 Å². The Bertz CT molecular complexity index is 2060. The van der Waals surface area contributed by atoms with Crippen LogP contribution in [0.5, 0.6) is 0 Å². The van der Waals surface area contributed by atoms with Crippen LogP contribution in [0.4, 0.5) is 0 Å². The molecule has 0 aromatic carbocycles. The van der Waals surface area contributed by atoms with Gasteiger partial charge in [-0.15, -0.1) is 0 Å². The minimum atomic E-state index is -0.547. The van der Waals surface area contributed by atoms with Crippen LogP contribution in [0.3, 0.4) is 0 Å². The summed E-state index contributed by atoms with van der Waals surface area (Å²) in [5.74, 6) is 0. The summed E-state index contributed by atoms with van der Waals surface area (Å²) < 4.78 is 4.74. The van der Waals surface area contributed by atoms with E-state index in [-0.39, 0.29) is 33.7 Å². The van der Waals surface area contributed by atoms with E-state index >= 15 is 0 Å². The van der Waals surface area contributed by atoms with Crippen LogP contribution in [-0.2, 0) is 28.2 Å². The predicted molar refractivity (Wildman–Crippen MR) is 149 cm³/mol. The molecule has 0 atom stereocenters. The lowest BCUT2D eigenvalue weighted by Gasteiger charge is -2.00. The van der Waals surface area contributed by atoms with Crippen molar-refractivity contribution in [1.82, 2.24) is 58.1 Å². The molecule has 0 fully saturated rings. The SMILES string of the molecule is Cn1c(=O)c2[nH]cnc2n(C)c1=O.Cn1c(=O)c2[nH]cnc2n(C)c1=O.NCCN.O=c1[nH]c(=O)c2[nH]cnc2[nH]1. The minimum Gasteiger partial charge on any atom is -0.339 e. The van der Waals surface area contributed by atoms with Crippen LogP contribution >= 0.6 is 0 Å². The van der Waals surface area contributed by atoms with Crippen molar-refractivity contribution in [3.05, 3.63) is 81.5 Å². The fourth-order valence-electron chi connectivity index (χ4n) is 3.40. The van der Waals surface area contributed by atoms with E-state index in [1.807, 2.05) is 0 Å². The third-order valence-corrected chi connectivity index (χ3v) is 5.55. The van der Waals surface area contributed by atoms with Gasteiger partial charge < -0.3 is 26.4 Å². The van der Waals surface area contributed by atoms with Gasteiger partial charge in [0, 0.05) is 41.3 Å². The van der Waals surface area contributed by atoms with E-state index < -0.39 is 11.2 Å². The summed E-state index contributed by atoms with van der Waals surface area (Å²) in [7, 11) is 6.02. The summed E-state index contributed by atoms with van der Waals surface area (Å²) in [4.78, 5) is 91.0. The molecule has 0 saturated carbocycles. The number of aryl methyl sites for hydroxylation is 2. The van der Waals surface area contributed by atoms with Crippen molar-refractivity contribution >= 4 is 33.5 Å². The number of H-pyrrole nitrogens is 5. The van der Waals surface area contributed by atoms with Crippen molar-refractivity contribution in [2.24, 2.45) is 39.7 Å². The lowest BCUT2D eigenvalue weighted by atomic mass is 10.5. The predicted octanol–water partition coefficient (Wildman–Crippen LogP) is -4.24. The molecule has 20 nitrogen and oxygen atoms in total. The van der Waals surface area contributed by atoms with Gasteiger partial charge in [0.15, 0.2) is 16.9 Å². The lowest BCUT2D eigenvalue weighted by molar-refractivity contribution is 0.709. The highest BCUT2D eigenvalue weighted by Crippen LogP contribution is 1.98. The second-order valence-electron chi connectivity index (χ2n) is 8.23. The monoisotopic (exact) mass is 572 g/mol. The van der Waals surface area contributed by atoms with Crippen LogP contribution < -0.4 is 45.2 Å². The maximum atomic E-state index is 11.4. The fraction of sp³-hybridized carbons (Fsp3) is 0.286. The van der Waals surface area contributed by atoms with Gasteiger partial charge in [0.05, 0.1) is 19.0 Å². The van der Waals surface area contributed by atoms with Gasteiger partial charge in [-0.3, -0.25) is 42.6 Å². The molecule has 0 unspecified atom stereocenters. The maximum absolute atomic E-state index is 11.4. The number of nitrogens with one attached hydrogen (secondary N) is 5. The van der Waals surface area contributed by atoms with Gasteiger partial charge >= 0.3 is 17.1 Å². The molecule has 9 N–H and O–H groups in total. The molecule has 0 amide bonds. The second-order valence-corrected chi connectivity index (χ2v) is 8.23. The molecule has 6 aromatic rings. The standard InChI is InChI=1S/2C7H8N4O2.C5H4N4O2.C2H8N2/c2*1-10-5-4(8-3-9-5)6(12)11(2)7(10)13;10-4-2-3(7-1-6-2)8-5(11)9-4;3-1-2-4/h2*3H,1-2H3,(H,8,9);1H,(H3,6,7,8,9,10,11);1-4H2. The number of imidazole rings is 3. The van der Waals surface area contributed by atoms with Crippen LogP contribution in [-0.4, -0.2) is 71.2 Å². The highest BCUT2D eigenvalue weighted by Gasteiger charge is 2.10. The van der Waals surface area contributed by atoms with Crippen molar-refractivity contribution in [1.29, 1.82) is 0 Å². The Morgan fingerprint density at radius 2 is 1.02 bits per heavy atom. The Labute approximate surface area is 226 Å². The molecule has 20 heteroatoms. The summed E-state index contributed by atoms with van der Waals surface area (Å²) in [5.41, 5.74) is 9.38. The smallest absolute Gasteiger partial charge is 0.332 e. The summed E-state index contributed by atoms with van der Waals surface area (Å²) in [6.45, 7) is 1.19. The van der Waals surface area contributed by atoms with Crippen LogP contribution in [0.1, 0.15) is 0 Å². The zero-order valence-corrected chi connectivity index (χ0v) is 22.4. The number of nitrogens with two attached hydrogens (primary N) is 2. The Kier molecular flexibility index (Phi) is 9.11. The third-order valence-electron chi connectivity index (χ3n) is 5.55. The molecule has 0 aliphatic rings. The molecule has 0 bridgehead atoms. The average Bonchev–Trinajstić information content (AvgIpc) is 3.74. The number of hydrogen-bond donors (Lipinski definition) is 7. The van der Waals surface area contributed by atoms with Crippen molar-refractivity contribution in [3.63, 3.8) is 0 Å². The molecule has 218 valence electrons. The summed E-state index contributed by atoms with van der Waals surface area (Å²) in [6, 6.07) is 0. The number of rotatable bonds is 1. The average molecular weight is 573 g/mol. The van der Waals surface area contributed by atoms with Gasteiger partial charge in [-0.1, -0.05) is 0 Å². The van der Waals surface area contributed by atoms with Crippen molar-refractivity contribution in [2.75, 3.05) is 13.1 Å². The molecule has 0 aliphatic carbocycles. The summed E-state index contributed by atoms with van der Waals surface area (Å²) in [5, 5.41) is 0. The first-order valence-corrected chi connectivity index (χ1v) is 11.7. The summed E-state index contributed by atoms with van der Waals surface area (Å²) in [6.07, 6.45) is 4.13. The Morgan fingerprint density at radius 1 is 0.610 bits per heavy atom. The summed E-state index contributed by atoms with van der Waals surface area (Å²) >= 11 is 0. The van der Waals surface area contributed by atoms with Crippen LogP contribution in [0.2, 0.25) is 0 Å². The fourth-order valence-corrected chi connectivity index (χ4v) is 3.40. The molecular formula is C21H28N14O6. The van der Waals surface area contributed by atoms with Gasteiger partial charge in [-0.25, -0.2) is 29.3 Å². The van der Waals surface area contributed by atoms with Gasteiger partial charge in [0.2, 0.25) is 0 Å². The molecule has 6 rings (SSSR count). The minimum absolute atomic E-state index is 0.277. The van der Waals surface area contributed by atoms with E-state index in [4.69, 9.17) is 11.5 Å². The van der Waals surface area contributed by atoms with Gasteiger partial charge in [0.1, 0.15) is 16.6 Å². The highest BCUT2D eigenvalue weighted by atomic mass is 16.2. The first kappa shape index (κ1) is 29.9. The van der Waals surface area contributed by atoms with E-state index in [9.17, 15) is 28.8 Å². The van der Waals surface area contributed by atoms with Gasteiger partial charge in [-0.2, -0.15) is 0 Å². The van der Waals surface area contributed by atoms with Crippen LogP contribution in [0, 0.1) is 0 Å². The van der Waals surface area contributed by atoms with Gasteiger partial charge in [-0.05, 0) is 0 Å². The maximum Gasteiger partial charge on any atom is 0.332 e. The van der Waals surface area contributed by atoms with E-state index in [2.05, 4.69) is 39.9 Å². The third kappa shape index (κ3) is 6.02. The Balaban J connectivity index is 0.000000159. The van der Waals surface area contributed by atoms with Crippen molar-refractivity contribution < 1.29 is 0 Å². The van der Waals surface area contributed by atoms with Crippen molar-refractivity contribution in [3.8, 4) is 0 Å². The zero-order chi connectivity index (χ0) is 30.4. The van der Waals surface area contributed by atoms with E-state index in [0.29, 0.717) is 35.4 Å². The molecule has 0 spiro atoms. The van der Waals surface area contributed by atoms with Crippen molar-refractivity contribution in [2.45, 2.75) is 0 Å². The number of aromatic nitrogens is 12. The van der Waals surface area contributed by atoms with E-state index in [1.165, 1.54) is 42.2 Å². The Morgan fingerprint density at radius 3 is 1.46 bits per heavy atom. The largest absolute Gasteiger partial charge is 0.339 e. The first-order valence-electron chi connectivity index (χ1n) is 11.7. The second kappa shape index (κ2) is 12.5. The molecule has 0 aliphatic heterocycles. The van der Waals surface area contributed by atoms with Gasteiger partial charge in [0.25, 0.3) is 16.7 Å². The topological polar surface area (TPSA) is 292 Å². The highest BCUT2D eigenvalue weighted by molar-refractivity contribution is 5.69. The molecule has 0 saturated heterocycles. The van der Waals surface area contributed by atoms with Crippen LogP contribution in [0.15, 0.2) is 47.7 Å². The lowest BCUT2D eigenvalue weighted by Crippen LogP contribution is -2.36. The molecule has 0 radical (unpaired) electrons. The van der Waals surface area contributed by atoms with E-state index in [1.54, 1.807) is 14.1 Å². The molecule has 6 aromatic heterocycles. The molecule has 6 heterocycles. The number of fused-ring (bicyclic) bond motifs is 3. The van der Waals surface area contributed by atoms with Crippen LogP contribution in [0.25, 0.3) is 33.5 Å². The normalized spacial score (nSPS) is 10.5. The quantitative estimate of drug-likeness (QED) is 0.0990. The number of hydrogen-bond acceptors (Lipinski definition) is 11. The number of nitrogens with zero attached hydrogens (tertiary/aromatic N) is 7. The Hall–Kier alpha value is -5.63. The number of aromatic amines is 5.